The molecule has 0 aliphatic rings. The number of hydrogen-bond donors (Lipinski definition) is 2. The van der Waals surface area contributed by atoms with Crippen LogP contribution in [-0.2, 0) is 0 Å². The molecule has 0 aromatic heterocycles. The molecule has 0 aromatic rings. The quantitative estimate of drug-likeness (QED) is 0.489. The molecule has 0 bridgehead atoms. The first-order chi connectivity index (χ1) is 4.76. The predicted octanol–water partition coefficient (Wildman–Crippen LogP) is 0.728. The fraction of sp³-hybridized carbons (Fsp3) is 0. The van der Waals surface area contributed by atoms with Crippen molar-refractivity contribution in [3.63, 3.8) is 0 Å². The Labute approximate surface area is 68.1 Å². The molecule has 4 nitrogen and oxygen atoms in total. The van der Waals surface area contributed by atoms with E-state index in [0.717, 1.165) is 23.9 Å². The number of rotatable bonds is 4. The van der Waals surface area contributed by atoms with Crippen molar-refractivity contribution in [1.29, 1.82) is 0 Å². The second-order valence-corrected chi connectivity index (χ2v) is 2.67. The molecule has 0 radical (unpaired) electrons. The highest BCUT2D eigenvalue weighted by molar-refractivity contribution is 8.05. The van der Waals surface area contributed by atoms with E-state index in [4.69, 9.17) is 10.9 Å². The molecule has 0 amide bonds. The molecule has 0 aliphatic carbocycles. The van der Waals surface area contributed by atoms with Crippen LogP contribution in [0.4, 0.5) is 0 Å². The summed E-state index contributed by atoms with van der Waals surface area (Å²) in [6, 6.07) is 0. The van der Waals surface area contributed by atoms with E-state index in [1.165, 1.54) is 0 Å². The lowest BCUT2D eigenvalue weighted by Gasteiger charge is -1.97. The predicted molar refractivity (Wildman–Crippen MR) is 49.7 cm³/mol. The van der Waals surface area contributed by atoms with Crippen molar-refractivity contribution < 1.29 is 0 Å². The van der Waals surface area contributed by atoms with Gasteiger partial charge in [0.2, 0.25) is 0 Å². The lowest BCUT2D eigenvalue weighted by atomic mass is 10.9. The highest BCUT2D eigenvalue weighted by Crippen LogP contribution is 2.22. The van der Waals surface area contributed by atoms with Gasteiger partial charge in [-0.3, -0.25) is 10.1 Å². The van der Waals surface area contributed by atoms with E-state index in [2.05, 4.69) is 22.8 Å². The van der Waals surface area contributed by atoms with Gasteiger partial charge in [0.1, 0.15) is 10.1 Å². The fourth-order valence-electron chi connectivity index (χ4n) is 0.263. The van der Waals surface area contributed by atoms with E-state index < -0.39 is 0 Å². The number of nitrogens with two attached hydrogens (primary N) is 2. The van der Waals surface area contributed by atoms with E-state index in [9.17, 15) is 0 Å². The van der Waals surface area contributed by atoms with Gasteiger partial charge in [0, 0.05) is 11.9 Å². The van der Waals surface area contributed by atoms with Crippen LogP contribution in [0.3, 0.4) is 0 Å². The van der Waals surface area contributed by atoms with Gasteiger partial charge in [0.05, 0.1) is 0 Å². The monoisotopic (exact) mass is 176 g/mol. The third kappa shape index (κ3) is 2.90. The molecule has 0 saturated heterocycles. The zero-order chi connectivity index (χ0) is 7.98. The average Bonchev–Trinajstić information content (AvgIpc) is 1.99. The summed E-state index contributed by atoms with van der Waals surface area (Å²) in [6.45, 7) is 6.53. The maximum absolute atomic E-state index is 5.39. The Morgan fingerprint density at radius 3 is 2.30 bits per heavy atom. The van der Waals surface area contributed by atoms with Crippen molar-refractivity contribution >= 4 is 37.3 Å². The molecule has 4 N–H and O–H groups in total. The van der Waals surface area contributed by atoms with Gasteiger partial charge < -0.3 is 5.73 Å². The molecule has 0 fully saturated rings. The Morgan fingerprint density at radius 1 is 1.40 bits per heavy atom. The van der Waals surface area contributed by atoms with Gasteiger partial charge in [0.15, 0.2) is 0 Å². The first kappa shape index (κ1) is 9.54. The summed E-state index contributed by atoms with van der Waals surface area (Å²) in [5.41, 5.74) is 5.39. The van der Waals surface area contributed by atoms with Crippen LogP contribution in [-0.4, -0.2) is 13.4 Å². The second kappa shape index (κ2) is 5.33. The third-order valence-corrected chi connectivity index (χ3v) is 1.86. The first-order valence-electron chi connectivity index (χ1n) is 2.22. The van der Waals surface area contributed by atoms with Crippen molar-refractivity contribution in [2.45, 2.75) is 0 Å². The van der Waals surface area contributed by atoms with Gasteiger partial charge in [-0.15, -0.1) is 0 Å². The lowest BCUT2D eigenvalue weighted by molar-refractivity contribution is 1.43. The largest absolute Gasteiger partial charge is 0.390 e. The fourth-order valence-corrected chi connectivity index (χ4v) is 0.955. The van der Waals surface area contributed by atoms with Crippen LogP contribution in [0.2, 0.25) is 0 Å². The molecule has 0 atom stereocenters. The minimum Gasteiger partial charge on any atom is -0.390 e. The highest BCUT2D eigenvalue weighted by atomic mass is 32.2. The van der Waals surface area contributed by atoms with Gasteiger partial charge in [-0.1, -0.05) is 0 Å². The lowest BCUT2D eigenvalue weighted by Crippen LogP contribution is -1.97. The Morgan fingerprint density at radius 2 is 2.00 bits per heavy atom. The third-order valence-electron chi connectivity index (χ3n) is 0.632. The molecule has 0 rings (SSSR count). The topological polar surface area (TPSA) is 76.8 Å². The van der Waals surface area contributed by atoms with Crippen LogP contribution in [0, 0.1) is 0 Å². The summed E-state index contributed by atoms with van der Waals surface area (Å²) in [4.78, 5) is 3.58. The normalized spacial score (nSPS) is 12.1. The summed E-state index contributed by atoms with van der Waals surface area (Å²) >= 11 is 1.96. The van der Waals surface area contributed by atoms with Crippen molar-refractivity contribution in [1.82, 2.24) is 0 Å². The van der Waals surface area contributed by atoms with Gasteiger partial charge in [-0.05, 0) is 25.4 Å². The van der Waals surface area contributed by atoms with Gasteiger partial charge in [-0.25, -0.2) is 4.40 Å². The maximum Gasteiger partial charge on any atom is 0.149 e. The SMILES string of the molecule is C=NS/C(N=C)=C(\N)SN. The van der Waals surface area contributed by atoms with Gasteiger partial charge in [0.25, 0.3) is 0 Å². The molecule has 0 spiro atoms. The van der Waals surface area contributed by atoms with E-state index in [0.29, 0.717) is 10.1 Å². The molecule has 0 aliphatic heterocycles. The Balaban J connectivity index is 4.27. The van der Waals surface area contributed by atoms with Crippen LogP contribution < -0.4 is 10.9 Å². The smallest absolute Gasteiger partial charge is 0.149 e. The Hall–Kier alpha value is -0.460. The molecule has 10 heavy (non-hydrogen) atoms. The van der Waals surface area contributed by atoms with Crippen LogP contribution in [0.25, 0.3) is 0 Å². The summed E-state index contributed by atoms with van der Waals surface area (Å²) < 4.78 is 3.50. The molecule has 6 heteroatoms. The van der Waals surface area contributed by atoms with Gasteiger partial charge in [-0.2, -0.15) is 0 Å². The average molecular weight is 176 g/mol. The molecule has 56 valence electrons. The molecule has 0 heterocycles. The van der Waals surface area contributed by atoms with E-state index in [-0.39, 0.29) is 0 Å². The summed E-state index contributed by atoms with van der Waals surface area (Å²) in [7, 11) is 0. The zero-order valence-corrected chi connectivity index (χ0v) is 6.91. The minimum absolute atomic E-state index is 0.396. The van der Waals surface area contributed by atoms with Crippen LogP contribution in [0.5, 0.6) is 0 Å². The van der Waals surface area contributed by atoms with Crippen molar-refractivity contribution in [2.24, 2.45) is 20.3 Å². The molecular weight excluding hydrogens is 168 g/mol. The van der Waals surface area contributed by atoms with E-state index in [1.807, 2.05) is 0 Å². The number of hydrogen-bond acceptors (Lipinski definition) is 6. The number of nitrogens with zero attached hydrogens (tertiary/aromatic N) is 2. The Bertz CT molecular complexity index is 165. The second-order valence-electron chi connectivity index (χ2n) is 1.17. The molecule has 0 aromatic carbocycles. The summed E-state index contributed by atoms with van der Waals surface area (Å²) in [6.07, 6.45) is 0. The summed E-state index contributed by atoms with van der Waals surface area (Å²) in [5, 5.41) is 6.03. The van der Waals surface area contributed by atoms with Crippen molar-refractivity contribution in [2.75, 3.05) is 0 Å². The van der Waals surface area contributed by atoms with Gasteiger partial charge >= 0.3 is 0 Å². The molecule has 0 saturated carbocycles. The molecular formula is C4H8N4S2. The first-order valence-corrected chi connectivity index (χ1v) is 3.87. The van der Waals surface area contributed by atoms with Crippen molar-refractivity contribution in [3.8, 4) is 0 Å². The highest BCUT2D eigenvalue weighted by Gasteiger charge is 1.98. The van der Waals surface area contributed by atoms with E-state index >= 15 is 0 Å². The summed E-state index contributed by atoms with van der Waals surface area (Å²) in [5.74, 6) is 0. The maximum atomic E-state index is 5.39. The van der Waals surface area contributed by atoms with Crippen molar-refractivity contribution in [3.05, 3.63) is 10.1 Å². The minimum atomic E-state index is 0.396. The number of aliphatic imine (C=N–C) groups is 1. The molecule has 0 unspecified atom stereocenters. The van der Waals surface area contributed by atoms with Crippen LogP contribution >= 0.6 is 23.9 Å². The Kier molecular flexibility index (Phi) is 5.09. The van der Waals surface area contributed by atoms with E-state index in [1.54, 1.807) is 0 Å². The zero-order valence-electron chi connectivity index (χ0n) is 5.28. The standard InChI is InChI=1S/C4H8N4S2/c1-7-4(10-8-2)3(5)9-6/h1-2,5-6H2/b4-3+. The van der Waals surface area contributed by atoms with Crippen LogP contribution in [0.1, 0.15) is 0 Å². The van der Waals surface area contributed by atoms with Crippen LogP contribution in [0.15, 0.2) is 19.4 Å².